The number of hydrogen-bond acceptors (Lipinski definition) is 9. The largest absolute Gasteiger partial charge is 1.00 e. The van der Waals surface area contributed by atoms with E-state index in [0.29, 0.717) is 15.8 Å². The summed E-state index contributed by atoms with van der Waals surface area (Å²) in [5.41, 5.74) is -0.112. The van der Waals surface area contributed by atoms with Crippen LogP contribution in [0, 0.1) is 5.92 Å². The molecule has 1 aromatic rings. The first-order valence-electron chi connectivity index (χ1n) is 6.39. The van der Waals surface area contributed by atoms with Crippen molar-refractivity contribution in [2.24, 2.45) is 13.0 Å². The maximum Gasteiger partial charge on any atom is 1.00 e. The number of thioether (sulfide) groups is 2. The first-order chi connectivity index (χ1) is 10.4. The summed E-state index contributed by atoms with van der Waals surface area (Å²) in [6.45, 7) is 1.52. The van der Waals surface area contributed by atoms with E-state index >= 15 is 0 Å². The summed E-state index contributed by atoms with van der Waals surface area (Å²) < 4.78 is 1.47. The Labute approximate surface area is 162 Å². The smallest absolute Gasteiger partial charge is 0.543 e. The van der Waals surface area contributed by atoms with Gasteiger partial charge in [0.25, 0.3) is 0 Å². The van der Waals surface area contributed by atoms with Crippen molar-refractivity contribution < 1.29 is 49.4 Å². The Bertz CT molecular complexity index is 679. The third-order valence-electron chi connectivity index (χ3n) is 3.48. The molecular weight excluding hydrogens is 353 g/mol. The van der Waals surface area contributed by atoms with Gasteiger partial charge in [0.05, 0.1) is 23.7 Å². The minimum absolute atomic E-state index is 0. The van der Waals surface area contributed by atoms with Crippen molar-refractivity contribution in [1.29, 1.82) is 0 Å². The van der Waals surface area contributed by atoms with Crippen LogP contribution in [0.2, 0.25) is 0 Å². The number of hydrogen-bond donors (Lipinski definition) is 1. The quantitative estimate of drug-likeness (QED) is 0.311. The number of fused-ring (bicyclic) bond motifs is 1. The van der Waals surface area contributed by atoms with Gasteiger partial charge in [0.15, 0.2) is 0 Å². The van der Waals surface area contributed by atoms with Crippen LogP contribution in [0.25, 0.3) is 0 Å². The molecule has 1 amide bonds. The van der Waals surface area contributed by atoms with Gasteiger partial charge in [-0.2, -0.15) is 0 Å². The molecular formula is C11H12N5NaO4S2. The third-order valence-corrected chi connectivity index (χ3v) is 6.07. The topological polar surface area (TPSA) is 124 Å². The zero-order valence-electron chi connectivity index (χ0n) is 12.7. The van der Waals surface area contributed by atoms with E-state index in [1.165, 1.54) is 40.0 Å². The van der Waals surface area contributed by atoms with Crippen LogP contribution < -0.4 is 34.7 Å². The summed E-state index contributed by atoms with van der Waals surface area (Å²) in [6, 6.07) is 0. The fourth-order valence-corrected chi connectivity index (χ4v) is 4.97. The molecule has 12 heteroatoms. The summed E-state index contributed by atoms with van der Waals surface area (Å²) in [7, 11) is 1.68. The number of β-lactam (4-membered cyclic amide) rings is 1. The molecule has 3 rings (SSSR count). The van der Waals surface area contributed by atoms with Crippen LogP contribution in [0.15, 0.2) is 15.8 Å². The number of rotatable bonds is 5. The van der Waals surface area contributed by atoms with Crippen molar-refractivity contribution >= 4 is 35.4 Å². The van der Waals surface area contributed by atoms with Crippen molar-refractivity contribution in [3.63, 3.8) is 0 Å². The van der Waals surface area contributed by atoms with E-state index < -0.39 is 18.0 Å². The molecule has 118 valence electrons. The first-order valence-corrected chi connectivity index (χ1v) is 8.25. The summed E-state index contributed by atoms with van der Waals surface area (Å²) in [6.07, 6.45) is -0.820. The number of amides is 1. The van der Waals surface area contributed by atoms with Crippen LogP contribution in [0.4, 0.5) is 0 Å². The number of aryl methyl sites for hydroxylation is 1. The second-order valence-corrected chi connectivity index (χ2v) is 7.07. The van der Waals surface area contributed by atoms with Gasteiger partial charge in [-0.3, -0.25) is 9.69 Å². The van der Waals surface area contributed by atoms with Crippen molar-refractivity contribution in [2.75, 3.05) is 5.75 Å². The van der Waals surface area contributed by atoms with E-state index in [1.54, 1.807) is 7.05 Å². The minimum atomic E-state index is -1.39. The van der Waals surface area contributed by atoms with Crippen LogP contribution in [-0.2, 0) is 16.6 Å². The van der Waals surface area contributed by atoms with Crippen LogP contribution in [0.1, 0.15) is 6.92 Å². The molecule has 2 aliphatic rings. The average molecular weight is 365 g/mol. The van der Waals surface area contributed by atoms with E-state index in [9.17, 15) is 19.8 Å². The Morgan fingerprint density at radius 3 is 2.78 bits per heavy atom. The Balaban J connectivity index is 0.00000192. The maximum absolute atomic E-state index is 12.0. The average Bonchev–Trinajstić information content (AvgIpc) is 2.97. The number of carboxylic acids is 1. The molecule has 0 aromatic carbocycles. The monoisotopic (exact) mass is 365 g/mol. The molecule has 0 unspecified atom stereocenters. The van der Waals surface area contributed by atoms with E-state index in [2.05, 4.69) is 15.5 Å². The van der Waals surface area contributed by atoms with Crippen LogP contribution in [-0.4, -0.2) is 59.3 Å². The molecule has 0 radical (unpaired) electrons. The molecule has 3 heterocycles. The van der Waals surface area contributed by atoms with E-state index in [1.807, 2.05) is 0 Å². The van der Waals surface area contributed by atoms with Gasteiger partial charge in [-0.15, -0.1) is 16.9 Å². The Morgan fingerprint density at radius 1 is 1.57 bits per heavy atom. The van der Waals surface area contributed by atoms with E-state index in [-0.39, 0.29) is 46.5 Å². The van der Waals surface area contributed by atoms with Crippen LogP contribution in [0.5, 0.6) is 0 Å². The zero-order chi connectivity index (χ0) is 16.0. The summed E-state index contributed by atoms with van der Waals surface area (Å²) in [5, 5.41) is 32.2. The molecule has 1 fully saturated rings. The molecule has 23 heavy (non-hydrogen) atoms. The minimum Gasteiger partial charge on any atom is -0.543 e. The molecule has 2 aliphatic heterocycles. The number of carboxylic acid groups (broad SMARTS) is 1. The molecule has 3 atom stereocenters. The molecule has 1 saturated heterocycles. The summed E-state index contributed by atoms with van der Waals surface area (Å²) in [4.78, 5) is 25.1. The third kappa shape index (κ3) is 3.17. The summed E-state index contributed by atoms with van der Waals surface area (Å²) in [5.74, 6) is -2.04. The van der Waals surface area contributed by atoms with Gasteiger partial charge in [-0.05, 0) is 17.4 Å². The van der Waals surface area contributed by atoms with Gasteiger partial charge in [0.1, 0.15) is 5.37 Å². The Kier molecular flexibility index (Phi) is 5.80. The first kappa shape index (κ1) is 18.7. The second-order valence-electron chi connectivity index (χ2n) is 4.92. The molecule has 1 aromatic heterocycles. The SMILES string of the molecule is C[C@H](O)[C@@H]1C(=O)N2C(C(=O)[O-])=C(CSc3nnnn3C)S[C@H]12.[Na+]. The summed E-state index contributed by atoms with van der Waals surface area (Å²) >= 11 is 2.54. The van der Waals surface area contributed by atoms with Crippen molar-refractivity contribution in [3.8, 4) is 0 Å². The van der Waals surface area contributed by atoms with Crippen molar-refractivity contribution in [3.05, 3.63) is 10.6 Å². The van der Waals surface area contributed by atoms with Gasteiger partial charge in [-0.1, -0.05) is 11.8 Å². The molecule has 1 N–H and O–H groups in total. The Morgan fingerprint density at radius 2 is 2.26 bits per heavy atom. The Hall–Kier alpha value is -0.590. The predicted molar refractivity (Wildman–Crippen MR) is 75.0 cm³/mol. The maximum atomic E-state index is 12.0. The van der Waals surface area contributed by atoms with Gasteiger partial charge in [0.2, 0.25) is 11.1 Å². The van der Waals surface area contributed by atoms with Crippen molar-refractivity contribution in [2.45, 2.75) is 23.6 Å². The van der Waals surface area contributed by atoms with Gasteiger partial charge in [-0.25, -0.2) is 4.68 Å². The second kappa shape index (κ2) is 7.11. The van der Waals surface area contributed by atoms with Crippen LogP contribution >= 0.6 is 23.5 Å². The van der Waals surface area contributed by atoms with Gasteiger partial charge < -0.3 is 15.0 Å². The van der Waals surface area contributed by atoms with Crippen LogP contribution in [0.3, 0.4) is 0 Å². The number of aromatic nitrogens is 4. The molecule has 0 bridgehead atoms. The predicted octanol–water partition coefficient (Wildman–Crippen LogP) is -4.82. The number of aliphatic hydroxyl groups is 1. The standard InChI is InChI=1S/C11H13N5O4S2.Na/c1-4(17)6-8(18)16-7(10(19)20)5(22-9(6)16)3-21-11-12-13-14-15(11)2;/h4,6,9,17H,3H2,1-2H3,(H,19,20);/q;+1/p-1/t4-,6+,9+;/m0./s1. The number of carbonyl (C=O) groups is 2. The number of carbonyl (C=O) groups excluding carboxylic acids is 2. The van der Waals surface area contributed by atoms with Gasteiger partial charge >= 0.3 is 29.6 Å². The molecule has 0 aliphatic carbocycles. The van der Waals surface area contributed by atoms with E-state index in [4.69, 9.17) is 0 Å². The van der Waals surface area contributed by atoms with Gasteiger partial charge in [0, 0.05) is 17.7 Å². The zero-order valence-corrected chi connectivity index (χ0v) is 16.3. The normalized spacial score (nSPS) is 24.1. The molecule has 0 saturated carbocycles. The number of aliphatic hydroxyl groups excluding tert-OH is 1. The fraction of sp³-hybridized carbons (Fsp3) is 0.545. The van der Waals surface area contributed by atoms with E-state index in [0.717, 1.165) is 0 Å². The fourth-order valence-electron chi connectivity index (χ4n) is 2.42. The molecule has 0 spiro atoms. The number of aliphatic carboxylic acids is 1. The van der Waals surface area contributed by atoms with Crippen molar-refractivity contribution in [1.82, 2.24) is 25.1 Å². The number of tetrazole rings is 1. The molecule has 9 nitrogen and oxygen atoms in total. The number of nitrogens with zero attached hydrogens (tertiary/aromatic N) is 5.